The molecule has 0 radical (unpaired) electrons. The zero-order valence-electron chi connectivity index (χ0n) is 15.0. The van der Waals surface area contributed by atoms with Crippen molar-refractivity contribution in [2.24, 2.45) is 0 Å². The summed E-state index contributed by atoms with van der Waals surface area (Å²) in [5.74, 6) is -0.885. The van der Waals surface area contributed by atoms with E-state index in [2.05, 4.69) is 0 Å². The Morgan fingerprint density at radius 2 is 1.67 bits per heavy atom. The molecule has 27 heavy (non-hydrogen) atoms. The van der Waals surface area contributed by atoms with Gasteiger partial charge in [-0.25, -0.2) is 9.59 Å². The molecule has 0 fully saturated rings. The highest BCUT2D eigenvalue weighted by atomic mass is 16.7. The van der Waals surface area contributed by atoms with E-state index < -0.39 is 11.9 Å². The van der Waals surface area contributed by atoms with Crippen LogP contribution in [0.1, 0.15) is 17.3 Å². The summed E-state index contributed by atoms with van der Waals surface area (Å²) in [6.45, 7) is 1.42. The Hall–Kier alpha value is -3.55. The number of allylic oxidation sites excluding steroid dienone is 2. The van der Waals surface area contributed by atoms with Gasteiger partial charge in [0.2, 0.25) is 6.79 Å². The van der Waals surface area contributed by atoms with Crippen LogP contribution in [-0.2, 0) is 19.1 Å². The van der Waals surface area contributed by atoms with Gasteiger partial charge in [0.05, 0.1) is 25.5 Å². The molecule has 0 amide bonds. The molecule has 1 aromatic carbocycles. The number of hydrogen-bond donors (Lipinski definition) is 0. The summed E-state index contributed by atoms with van der Waals surface area (Å²) in [5.41, 5.74) is 0.530. The van der Waals surface area contributed by atoms with Crippen molar-refractivity contribution in [2.75, 3.05) is 25.9 Å². The van der Waals surface area contributed by atoms with Crippen molar-refractivity contribution in [3.05, 3.63) is 53.4 Å². The number of Topliss-reactive ketones (excluding diaryl/α,β-unsaturated/α-hetero) is 1. The first kappa shape index (κ1) is 18.2. The predicted molar refractivity (Wildman–Crippen MR) is 94.4 cm³/mol. The van der Waals surface area contributed by atoms with Gasteiger partial charge in [0.25, 0.3) is 0 Å². The fourth-order valence-electron chi connectivity index (χ4n) is 2.76. The molecule has 0 atom stereocenters. The van der Waals surface area contributed by atoms with Gasteiger partial charge in [-0.1, -0.05) is 6.08 Å². The molecule has 0 saturated carbocycles. The summed E-state index contributed by atoms with van der Waals surface area (Å²) < 4.78 is 20.4. The Balaban J connectivity index is 2.26. The van der Waals surface area contributed by atoms with E-state index in [-0.39, 0.29) is 29.4 Å². The van der Waals surface area contributed by atoms with E-state index in [1.807, 2.05) is 0 Å². The maximum Gasteiger partial charge on any atom is 0.355 e. The largest absolute Gasteiger partial charge is 0.465 e. The fourth-order valence-corrected chi connectivity index (χ4v) is 2.76. The second-order valence-electron chi connectivity index (χ2n) is 5.59. The lowest BCUT2D eigenvalue weighted by molar-refractivity contribution is -0.139. The van der Waals surface area contributed by atoms with Gasteiger partial charge in [0, 0.05) is 17.8 Å². The smallest absolute Gasteiger partial charge is 0.355 e. The van der Waals surface area contributed by atoms with Gasteiger partial charge in [-0.2, -0.15) is 0 Å². The maximum absolute atomic E-state index is 12.5. The molecule has 3 rings (SSSR count). The first-order valence-corrected chi connectivity index (χ1v) is 7.97. The van der Waals surface area contributed by atoms with Crippen LogP contribution in [0.4, 0.5) is 5.69 Å². The standard InChI is InChI=1S/C19H17NO7/c1-11(21)13-8-15-16(27-10-26-15)9-14(13)20-7-5-4-6-12(18(22)24-2)17(20)19(23)25-3/h4-9H,10H2,1-3H3. The third kappa shape index (κ3) is 3.29. The lowest BCUT2D eigenvalue weighted by Gasteiger charge is -2.25. The third-order valence-electron chi connectivity index (χ3n) is 4.02. The molecular formula is C19H17NO7. The Morgan fingerprint density at radius 1 is 1.00 bits per heavy atom. The number of anilines is 1. The van der Waals surface area contributed by atoms with E-state index in [9.17, 15) is 14.4 Å². The molecule has 8 heteroatoms. The minimum Gasteiger partial charge on any atom is -0.465 e. The molecule has 0 aromatic heterocycles. The molecule has 2 aliphatic heterocycles. The highest BCUT2D eigenvalue weighted by molar-refractivity contribution is 6.08. The zero-order valence-corrected chi connectivity index (χ0v) is 15.0. The molecule has 0 aliphatic carbocycles. The third-order valence-corrected chi connectivity index (χ3v) is 4.02. The summed E-state index contributed by atoms with van der Waals surface area (Å²) in [5, 5.41) is 0. The number of ketones is 1. The van der Waals surface area contributed by atoms with Crippen LogP contribution in [0.15, 0.2) is 47.8 Å². The quantitative estimate of drug-likeness (QED) is 0.587. The van der Waals surface area contributed by atoms with Crippen molar-refractivity contribution in [3.63, 3.8) is 0 Å². The molecule has 2 aliphatic rings. The summed E-state index contributed by atoms with van der Waals surface area (Å²) >= 11 is 0. The summed E-state index contributed by atoms with van der Waals surface area (Å²) in [7, 11) is 2.41. The van der Waals surface area contributed by atoms with Gasteiger partial charge in [0.15, 0.2) is 17.3 Å². The molecule has 1 aromatic rings. The molecule has 2 heterocycles. The lowest BCUT2D eigenvalue weighted by atomic mass is 10.1. The van der Waals surface area contributed by atoms with Crippen molar-refractivity contribution in [1.29, 1.82) is 0 Å². The van der Waals surface area contributed by atoms with Crippen LogP contribution in [-0.4, -0.2) is 38.7 Å². The Bertz CT molecular complexity index is 911. The predicted octanol–water partition coefficient (Wildman–Crippen LogP) is 2.11. The number of carbonyl (C=O) groups excluding carboxylic acids is 3. The zero-order chi connectivity index (χ0) is 19.6. The second-order valence-corrected chi connectivity index (χ2v) is 5.59. The number of benzene rings is 1. The van der Waals surface area contributed by atoms with Gasteiger partial charge in [-0.15, -0.1) is 0 Å². The van der Waals surface area contributed by atoms with E-state index in [0.717, 1.165) is 0 Å². The highest BCUT2D eigenvalue weighted by Gasteiger charge is 2.31. The first-order chi connectivity index (χ1) is 13.0. The maximum atomic E-state index is 12.5. The van der Waals surface area contributed by atoms with Crippen LogP contribution < -0.4 is 14.4 Å². The molecule has 0 unspecified atom stereocenters. The lowest BCUT2D eigenvalue weighted by Crippen LogP contribution is -2.28. The molecular weight excluding hydrogens is 354 g/mol. The Labute approximate surface area is 155 Å². The first-order valence-electron chi connectivity index (χ1n) is 7.97. The van der Waals surface area contributed by atoms with Crippen LogP contribution in [0, 0.1) is 0 Å². The van der Waals surface area contributed by atoms with Crippen LogP contribution in [0.5, 0.6) is 11.5 Å². The average Bonchev–Trinajstić information content (AvgIpc) is 3.02. The second kappa shape index (κ2) is 7.36. The molecule has 8 nitrogen and oxygen atoms in total. The number of nitrogens with zero attached hydrogens (tertiary/aromatic N) is 1. The van der Waals surface area contributed by atoms with E-state index in [0.29, 0.717) is 17.2 Å². The SMILES string of the molecule is COC(=O)C1=C(C(=O)OC)N(c2cc3c(cc2C(C)=O)OCO3)C=CC=C1. The van der Waals surface area contributed by atoms with Crippen LogP contribution >= 0.6 is 0 Å². The van der Waals surface area contributed by atoms with Gasteiger partial charge < -0.3 is 23.8 Å². The number of esters is 2. The minimum atomic E-state index is -0.765. The van der Waals surface area contributed by atoms with Gasteiger partial charge in [-0.3, -0.25) is 4.79 Å². The minimum absolute atomic E-state index is 0.0125. The normalized spacial score (nSPS) is 14.9. The average molecular weight is 371 g/mol. The van der Waals surface area contributed by atoms with E-state index >= 15 is 0 Å². The van der Waals surface area contributed by atoms with Crippen molar-refractivity contribution >= 4 is 23.4 Å². The van der Waals surface area contributed by atoms with E-state index in [4.69, 9.17) is 18.9 Å². The van der Waals surface area contributed by atoms with E-state index in [1.54, 1.807) is 30.5 Å². The van der Waals surface area contributed by atoms with Crippen molar-refractivity contribution in [1.82, 2.24) is 0 Å². The number of ether oxygens (including phenoxy) is 4. The van der Waals surface area contributed by atoms with Crippen LogP contribution in [0.25, 0.3) is 0 Å². The van der Waals surface area contributed by atoms with Crippen LogP contribution in [0.2, 0.25) is 0 Å². The topological polar surface area (TPSA) is 91.4 Å². The summed E-state index contributed by atoms with van der Waals surface area (Å²) in [4.78, 5) is 38.4. The van der Waals surface area contributed by atoms with Gasteiger partial charge in [-0.05, 0) is 25.1 Å². The van der Waals surface area contributed by atoms with Crippen molar-refractivity contribution in [3.8, 4) is 11.5 Å². The highest BCUT2D eigenvalue weighted by Crippen LogP contribution is 2.40. The number of carbonyl (C=O) groups is 3. The molecule has 0 spiro atoms. The number of fused-ring (bicyclic) bond motifs is 1. The molecule has 0 N–H and O–H groups in total. The number of rotatable bonds is 4. The molecule has 140 valence electrons. The Morgan fingerprint density at radius 3 is 2.30 bits per heavy atom. The van der Waals surface area contributed by atoms with Crippen molar-refractivity contribution < 1.29 is 33.3 Å². The van der Waals surface area contributed by atoms with Gasteiger partial charge in [0.1, 0.15) is 5.70 Å². The Kier molecular flexibility index (Phi) is 4.98. The fraction of sp³-hybridized carbons (Fsp3) is 0.211. The van der Waals surface area contributed by atoms with Crippen LogP contribution in [0.3, 0.4) is 0 Å². The summed E-state index contributed by atoms with van der Waals surface area (Å²) in [6, 6.07) is 3.12. The number of methoxy groups -OCH3 is 2. The monoisotopic (exact) mass is 371 g/mol. The van der Waals surface area contributed by atoms with Gasteiger partial charge >= 0.3 is 11.9 Å². The van der Waals surface area contributed by atoms with Crippen molar-refractivity contribution in [2.45, 2.75) is 6.92 Å². The molecule has 0 bridgehead atoms. The number of hydrogen-bond acceptors (Lipinski definition) is 8. The molecule has 0 saturated heterocycles. The van der Waals surface area contributed by atoms with E-state index in [1.165, 1.54) is 32.1 Å². The summed E-state index contributed by atoms with van der Waals surface area (Å²) in [6.07, 6.45) is 6.18.